The second-order valence-corrected chi connectivity index (χ2v) is 4.46. The molecule has 0 amide bonds. The van der Waals surface area contributed by atoms with Crippen molar-refractivity contribution in [2.75, 3.05) is 7.11 Å². The SMILES string of the molecule is COc1cccc(C(=O)CCCCCCC(=O)O)c1. The zero-order valence-electron chi connectivity index (χ0n) is 11.2. The van der Waals surface area contributed by atoms with Crippen molar-refractivity contribution in [1.29, 1.82) is 0 Å². The number of benzene rings is 1. The lowest BCUT2D eigenvalue weighted by atomic mass is 10.0. The zero-order chi connectivity index (χ0) is 14.1. The Morgan fingerprint density at radius 1 is 1.11 bits per heavy atom. The van der Waals surface area contributed by atoms with Crippen LogP contribution in [-0.4, -0.2) is 24.0 Å². The number of ketones is 1. The predicted molar refractivity (Wildman–Crippen MR) is 72.7 cm³/mol. The number of hydrogen-bond acceptors (Lipinski definition) is 3. The first-order valence-corrected chi connectivity index (χ1v) is 6.52. The molecule has 0 aromatic heterocycles. The van der Waals surface area contributed by atoms with Gasteiger partial charge in [0.15, 0.2) is 5.78 Å². The Hall–Kier alpha value is -1.84. The van der Waals surface area contributed by atoms with Crippen molar-refractivity contribution in [1.82, 2.24) is 0 Å². The summed E-state index contributed by atoms with van der Waals surface area (Å²) in [6.07, 6.45) is 3.95. The van der Waals surface area contributed by atoms with Crippen molar-refractivity contribution in [2.24, 2.45) is 0 Å². The number of unbranched alkanes of at least 4 members (excludes halogenated alkanes) is 3. The van der Waals surface area contributed by atoms with Crippen molar-refractivity contribution in [2.45, 2.75) is 38.5 Å². The number of carbonyl (C=O) groups is 2. The summed E-state index contributed by atoms with van der Waals surface area (Å²) in [4.78, 5) is 22.2. The summed E-state index contributed by atoms with van der Waals surface area (Å²) in [6, 6.07) is 7.14. The highest BCUT2D eigenvalue weighted by atomic mass is 16.5. The number of rotatable bonds is 9. The fourth-order valence-electron chi connectivity index (χ4n) is 1.86. The van der Waals surface area contributed by atoms with E-state index in [1.54, 1.807) is 25.3 Å². The smallest absolute Gasteiger partial charge is 0.303 e. The van der Waals surface area contributed by atoms with Crippen LogP contribution in [0.2, 0.25) is 0 Å². The number of carboxylic acids is 1. The Labute approximate surface area is 113 Å². The van der Waals surface area contributed by atoms with E-state index in [0.717, 1.165) is 19.3 Å². The molecule has 4 heteroatoms. The molecular formula is C15H20O4. The van der Waals surface area contributed by atoms with Gasteiger partial charge in [-0.05, 0) is 25.0 Å². The molecule has 0 aliphatic heterocycles. The van der Waals surface area contributed by atoms with Gasteiger partial charge in [0, 0.05) is 18.4 Å². The van der Waals surface area contributed by atoms with Crippen molar-refractivity contribution in [3.05, 3.63) is 29.8 Å². The third-order valence-electron chi connectivity index (χ3n) is 2.94. The van der Waals surface area contributed by atoms with Crippen LogP contribution in [0.15, 0.2) is 24.3 Å². The summed E-state index contributed by atoms with van der Waals surface area (Å²) in [5.41, 5.74) is 0.671. The maximum Gasteiger partial charge on any atom is 0.303 e. The Balaban J connectivity index is 2.25. The van der Waals surface area contributed by atoms with Crippen LogP contribution in [0, 0.1) is 0 Å². The van der Waals surface area contributed by atoms with Gasteiger partial charge in [-0.3, -0.25) is 9.59 Å². The van der Waals surface area contributed by atoms with E-state index in [-0.39, 0.29) is 12.2 Å². The normalized spacial score (nSPS) is 10.2. The Morgan fingerprint density at radius 2 is 1.79 bits per heavy atom. The average Bonchev–Trinajstić information content (AvgIpc) is 2.42. The first-order chi connectivity index (χ1) is 9.13. The van der Waals surface area contributed by atoms with E-state index >= 15 is 0 Å². The summed E-state index contributed by atoms with van der Waals surface area (Å²) < 4.78 is 5.08. The fraction of sp³-hybridized carbons (Fsp3) is 0.467. The topological polar surface area (TPSA) is 63.6 Å². The lowest BCUT2D eigenvalue weighted by Crippen LogP contribution is -1.99. The van der Waals surface area contributed by atoms with Crippen LogP contribution in [0.1, 0.15) is 48.9 Å². The molecule has 19 heavy (non-hydrogen) atoms. The van der Waals surface area contributed by atoms with E-state index in [4.69, 9.17) is 9.84 Å². The van der Waals surface area contributed by atoms with Gasteiger partial charge in [-0.1, -0.05) is 25.0 Å². The molecule has 0 saturated carbocycles. The number of ether oxygens (including phenoxy) is 1. The highest BCUT2D eigenvalue weighted by Crippen LogP contribution is 2.15. The van der Waals surface area contributed by atoms with Gasteiger partial charge in [-0.15, -0.1) is 0 Å². The van der Waals surface area contributed by atoms with E-state index in [2.05, 4.69) is 0 Å². The maximum atomic E-state index is 11.9. The molecule has 0 unspecified atom stereocenters. The van der Waals surface area contributed by atoms with Gasteiger partial charge in [0.25, 0.3) is 0 Å². The molecule has 0 aliphatic rings. The van der Waals surface area contributed by atoms with Crippen molar-refractivity contribution in [3.8, 4) is 5.75 Å². The summed E-state index contributed by atoms with van der Waals surface area (Å²) in [7, 11) is 1.58. The van der Waals surface area contributed by atoms with E-state index < -0.39 is 5.97 Å². The minimum atomic E-state index is -0.757. The van der Waals surface area contributed by atoms with Crippen LogP contribution >= 0.6 is 0 Å². The molecule has 104 valence electrons. The number of aliphatic carboxylic acids is 1. The second kappa shape index (κ2) is 8.29. The molecule has 0 fully saturated rings. The largest absolute Gasteiger partial charge is 0.497 e. The third kappa shape index (κ3) is 6.04. The third-order valence-corrected chi connectivity index (χ3v) is 2.94. The van der Waals surface area contributed by atoms with Gasteiger partial charge >= 0.3 is 5.97 Å². The van der Waals surface area contributed by atoms with Crippen LogP contribution in [0.4, 0.5) is 0 Å². The molecule has 0 heterocycles. The summed E-state index contributed by atoms with van der Waals surface area (Å²) in [5, 5.41) is 8.49. The van der Waals surface area contributed by atoms with Crippen LogP contribution in [0.5, 0.6) is 5.75 Å². The average molecular weight is 264 g/mol. The van der Waals surface area contributed by atoms with Gasteiger partial charge in [0.1, 0.15) is 5.75 Å². The van der Waals surface area contributed by atoms with Gasteiger partial charge in [0.2, 0.25) is 0 Å². The van der Waals surface area contributed by atoms with Crippen LogP contribution in [0.3, 0.4) is 0 Å². The summed E-state index contributed by atoms with van der Waals surface area (Å²) in [5.74, 6) is 0.0388. The van der Waals surface area contributed by atoms with E-state index in [9.17, 15) is 9.59 Å². The standard InChI is InChI=1S/C15H20O4/c1-19-13-8-6-7-12(11-13)14(16)9-4-2-3-5-10-15(17)18/h6-8,11H,2-5,9-10H2,1H3,(H,17,18). The fourth-order valence-corrected chi connectivity index (χ4v) is 1.86. The molecule has 1 N–H and O–H groups in total. The Morgan fingerprint density at radius 3 is 2.42 bits per heavy atom. The van der Waals surface area contributed by atoms with E-state index in [1.807, 2.05) is 6.07 Å². The molecule has 4 nitrogen and oxygen atoms in total. The minimum Gasteiger partial charge on any atom is -0.497 e. The summed E-state index contributed by atoms with van der Waals surface area (Å²) in [6.45, 7) is 0. The quantitative estimate of drug-likeness (QED) is 0.549. The van der Waals surface area contributed by atoms with Gasteiger partial charge in [0.05, 0.1) is 7.11 Å². The van der Waals surface area contributed by atoms with Crippen LogP contribution < -0.4 is 4.74 Å². The predicted octanol–water partition coefficient (Wildman–Crippen LogP) is 3.30. The van der Waals surface area contributed by atoms with Crippen molar-refractivity contribution in [3.63, 3.8) is 0 Å². The molecule has 0 radical (unpaired) electrons. The van der Waals surface area contributed by atoms with Gasteiger partial charge < -0.3 is 9.84 Å². The lowest BCUT2D eigenvalue weighted by Gasteiger charge is -2.04. The first kappa shape index (κ1) is 15.2. The lowest BCUT2D eigenvalue weighted by molar-refractivity contribution is -0.137. The number of hydrogen-bond donors (Lipinski definition) is 1. The molecule has 0 spiro atoms. The molecule has 0 atom stereocenters. The number of carbonyl (C=O) groups excluding carboxylic acids is 1. The van der Waals surface area contributed by atoms with Crippen molar-refractivity contribution < 1.29 is 19.4 Å². The minimum absolute atomic E-state index is 0.108. The molecule has 0 saturated heterocycles. The molecule has 0 bridgehead atoms. The van der Waals surface area contributed by atoms with Gasteiger partial charge in [-0.25, -0.2) is 0 Å². The Kier molecular flexibility index (Phi) is 6.64. The maximum absolute atomic E-state index is 11.9. The highest BCUT2D eigenvalue weighted by Gasteiger charge is 2.06. The van der Waals surface area contributed by atoms with Gasteiger partial charge in [-0.2, -0.15) is 0 Å². The van der Waals surface area contributed by atoms with Crippen LogP contribution in [-0.2, 0) is 4.79 Å². The zero-order valence-corrected chi connectivity index (χ0v) is 11.2. The number of Topliss-reactive ketones (excluding diaryl/α,β-unsaturated/α-hetero) is 1. The molecule has 1 aromatic rings. The summed E-state index contributed by atoms with van der Waals surface area (Å²) >= 11 is 0. The Bertz CT molecular complexity index is 426. The monoisotopic (exact) mass is 264 g/mol. The van der Waals surface area contributed by atoms with Crippen LogP contribution in [0.25, 0.3) is 0 Å². The highest BCUT2D eigenvalue weighted by molar-refractivity contribution is 5.96. The number of carboxylic acid groups (broad SMARTS) is 1. The van der Waals surface area contributed by atoms with E-state index in [0.29, 0.717) is 24.2 Å². The van der Waals surface area contributed by atoms with Crippen molar-refractivity contribution >= 4 is 11.8 Å². The molecule has 1 aromatic carbocycles. The molecular weight excluding hydrogens is 244 g/mol. The molecule has 1 rings (SSSR count). The molecule has 0 aliphatic carbocycles. The van der Waals surface area contributed by atoms with E-state index in [1.165, 1.54) is 0 Å². The second-order valence-electron chi connectivity index (χ2n) is 4.46. The number of methoxy groups -OCH3 is 1. The first-order valence-electron chi connectivity index (χ1n) is 6.52.